The molecule has 3 rings (SSSR count). The summed E-state index contributed by atoms with van der Waals surface area (Å²) in [4.78, 5) is 13.0. The third-order valence-corrected chi connectivity index (χ3v) is 3.72. The molecular formula is C16H18N4S. The van der Waals surface area contributed by atoms with Crippen molar-refractivity contribution < 1.29 is 0 Å². The largest absolute Gasteiger partial charge is 0.369 e. The van der Waals surface area contributed by atoms with E-state index in [0.29, 0.717) is 0 Å². The van der Waals surface area contributed by atoms with Crippen LogP contribution >= 0.6 is 12.6 Å². The number of benzene rings is 1. The van der Waals surface area contributed by atoms with E-state index in [4.69, 9.17) is 0 Å². The fraction of sp³-hybridized carbons (Fsp3) is 0.250. The Morgan fingerprint density at radius 1 is 1.19 bits per heavy atom. The predicted octanol–water partition coefficient (Wildman–Crippen LogP) is 4.13. The van der Waals surface area contributed by atoms with Gasteiger partial charge in [0.15, 0.2) is 0 Å². The lowest BCUT2D eigenvalue weighted by atomic mass is 10.1. The van der Waals surface area contributed by atoms with Crippen molar-refractivity contribution in [2.45, 2.75) is 24.7 Å². The first-order chi connectivity index (χ1) is 10.3. The number of hydrogen-bond donors (Lipinski definition) is 3. The SMILES string of the molecule is CCCCNc1ncnc2[nH]c(-c3ccc(S)cc3)cc12. The van der Waals surface area contributed by atoms with Crippen molar-refractivity contribution in [2.75, 3.05) is 11.9 Å². The molecule has 21 heavy (non-hydrogen) atoms. The first kappa shape index (κ1) is 13.9. The molecule has 0 bridgehead atoms. The summed E-state index contributed by atoms with van der Waals surface area (Å²) in [7, 11) is 0. The maximum atomic E-state index is 4.35. The number of fused-ring (bicyclic) bond motifs is 1. The Bertz CT molecular complexity index is 734. The number of hydrogen-bond acceptors (Lipinski definition) is 4. The van der Waals surface area contributed by atoms with E-state index in [1.54, 1.807) is 6.33 Å². The summed E-state index contributed by atoms with van der Waals surface area (Å²) in [5.41, 5.74) is 3.01. The highest BCUT2D eigenvalue weighted by molar-refractivity contribution is 7.80. The molecule has 4 nitrogen and oxygen atoms in total. The van der Waals surface area contributed by atoms with E-state index < -0.39 is 0 Å². The minimum atomic E-state index is 0.856. The van der Waals surface area contributed by atoms with Gasteiger partial charge in [-0.2, -0.15) is 0 Å². The first-order valence-electron chi connectivity index (χ1n) is 7.15. The van der Waals surface area contributed by atoms with Gasteiger partial charge in [-0.15, -0.1) is 12.6 Å². The monoisotopic (exact) mass is 298 g/mol. The number of aromatic amines is 1. The van der Waals surface area contributed by atoms with E-state index >= 15 is 0 Å². The van der Waals surface area contributed by atoms with Crippen molar-refractivity contribution >= 4 is 29.5 Å². The number of rotatable bonds is 5. The summed E-state index contributed by atoms with van der Waals surface area (Å²) in [6, 6.07) is 10.2. The highest BCUT2D eigenvalue weighted by Gasteiger charge is 2.08. The van der Waals surface area contributed by atoms with Crippen molar-refractivity contribution in [3.05, 3.63) is 36.7 Å². The average molecular weight is 298 g/mol. The zero-order valence-corrected chi connectivity index (χ0v) is 12.8. The summed E-state index contributed by atoms with van der Waals surface area (Å²) in [5.74, 6) is 0.891. The molecule has 0 aliphatic heterocycles. The van der Waals surface area contributed by atoms with Crippen molar-refractivity contribution in [1.82, 2.24) is 15.0 Å². The van der Waals surface area contributed by atoms with Crippen LogP contribution in [0.4, 0.5) is 5.82 Å². The molecule has 0 aliphatic rings. The van der Waals surface area contributed by atoms with Crippen molar-refractivity contribution in [1.29, 1.82) is 0 Å². The lowest BCUT2D eigenvalue weighted by molar-refractivity contribution is 0.831. The fourth-order valence-corrected chi connectivity index (χ4v) is 2.41. The molecule has 0 saturated carbocycles. The van der Waals surface area contributed by atoms with Gasteiger partial charge in [-0.3, -0.25) is 0 Å². The van der Waals surface area contributed by atoms with E-state index in [1.165, 1.54) is 0 Å². The normalized spacial score (nSPS) is 11.0. The van der Waals surface area contributed by atoms with Crippen LogP contribution in [0.2, 0.25) is 0 Å². The summed E-state index contributed by atoms with van der Waals surface area (Å²) in [5, 5.41) is 4.41. The minimum Gasteiger partial charge on any atom is -0.369 e. The Labute approximate surface area is 129 Å². The Balaban J connectivity index is 1.95. The number of nitrogens with one attached hydrogen (secondary N) is 2. The number of anilines is 1. The molecule has 0 unspecified atom stereocenters. The number of unbranched alkanes of at least 4 members (excludes halogenated alkanes) is 1. The lowest BCUT2D eigenvalue weighted by Crippen LogP contribution is -2.03. The Morgan fingerprint density at radius 2 is 2.00 bits per heavy atom. The maximum Gasteiger partial charge on any atom is 0.143 e. The molecular weight excluding hydrogens is 280 g/mol. The second kappa shape index (κ2) is 6.18. The molecule has 0 atom stereocenters. The van der Waals surface area contributed by atoms with E-state index in [0.717, 1.165) is 52.4 Å². The van der Waals surface area contributed by atoms with Crippen LogP contribution in [0.3, 0.4) is 0 Å². The zero-order chi connectivity index (χ0) is 14.7. The minimum absolute atomic E-state index is 0.856. The van der Waals surface area contributed by atoms with Gasteiger partial charge in [0.25, 0.3) is 0 Å². The average Bonchev–Trinajstić information content (AvgIpc) is 2.93. The Morgan fingerprint density at radius 3 is 2.76 bits per heavy atom. The molecule has 5 heteroatoms. The van der Waals surface area contributed by atoms with Gasteiger partial charge in [-0.25, -0.2) is 9.97 Å². The first-order valence-corrected chi connectivity index (χ1v) is 7.59. The summed E-state index contributed by atoms with van der Waals surface area (Å²) < 4.78 is 0. The van der Waals surface area contributed by atoms with Crippen LogP contribution in [0.15, 0.2) is 41.6 Å². The van der Waals surface area contributed by atoms with Crippen LogP contribution < -0.4 is 5.32 Å². The number of aromatic nitrogens is 3. The van der Waals surface area contributed by atoms with Gasteiger partial charge in [-0.1, -0.05) is 25.5 Å². The van der Waals surface area contributed by atoms with Gasteiger partial charge >= 0.3 is 0 Å². The quantitative estimate of drug-likeness (QED) is 0.490. The molecule has 0 aliphatic carbocycles. The van der Waals surface area contributed by atoms with Crippen LogP contribution in [-0.4, -0.2) is 21.5 Å². The standard InChI is InChI=1S/C16H18N4S/c1-2-3-8-17-15-13-9-14(20-16(13)19-10-18-15)11-4-6-12(21)7-5-11/h4-7,9-10,21H,2-3,8H2,1H3,(H2,17,18,19,20). The molecule has 3 aromatic rings. The van der Waals surface area contributed by atoms with Crippen LogP contribution in [0, 0.1) is 0 Å². The third-order valence-electron chi connectivity index (χ3n) is 3.43. The molecule has 2 heterocycles. The van der Waals surface area contributed by atoms with Gasteiger partial charge in [0.1, 0.15) is 17.8 Å². The molecule has 108 valence electrons. The van der Waals surface area contributed by atoms with E-state index in [2.05, 4.69) is 45.9 Å². The topological polar surface area (TPSA) is 53.6 Å². The Kier molecular flexibility index (Phi) is 4.10. The van der Waals surface area contributed by atoms with Gasteiger partial charge < -0.3 is 10.3 Å². The summed E-state index contributed by atoms with van der Waals surface area (Å²) in [6.45, 7) is 3.11. The third kappa shape index (κ3) is 3.03. The van der Waals surface area contributed by atoms with Crippen LogP contribution in [0.25, 0.3) is 22.3 Å². The van der Waals surface area contributed by atoms with Gasteiger partial charge in [-0.05, 0) is 30.2 Å². The van der Waals surface area contributed by atoms with Crippen molar-refractivity contribution in [2.24, 2.45) is 0 Å². The van der Waals surface area contributed by atoms with Crippen molar-refractivity contribution in [3.8, 4) is 11.3 Å². The molecule has 2 N–H and O–H groups in total. The molecule has 0 radical (unpaired) electrons. The van der Waals surface area contributed by atoms with Crippen LogP contribution in [0.5, 0.6) is 0 Å². The fourth-order valence-electron chi connectivity index (χ4n) is 2.26. The lowest BCUT2D eigenvalue weighted by Gasteiger charge is -2.04. The molecule has 0 saturated heterocycles. The highest BCUT2D eigenvalue weighted by atomic mass is 32.1. The second-order valence-corrected chi connectivity index (χ2v) is 5.51. The van der Waals surface area contributed by atoms with Crippen molar-refractivity contribution in [3.63, 3.8) is 0 Å². The van der Waals surface area contributed by atoms with E-state index in [9.17, 15) is 0 Å². The molecule has 0 fully saturated rings. The molecule has 2 aromatic heterocycles. The predicted molar refractivity (Wildman–Crippen MR) is 90.0 cm³/mol. The van der Waals surface area contributed by atoms with Gasteiger partial charge in [0.2, 0.25) is 0 Å². The van der Waals surface area contributed by atoms with Crippen LogP contribution in [0.1, 0.15) is 19.8 Å². The van der Waals surface area contributed by atoms with Gasteiger partial charge in [0, 0.05) is 17.1 Å². The summed E-state index contributed by atoms with van der Waals surface area (Å²) >= 11 is 4.32. The number of thiol groups is 1. The van der Waals surface area contributed by atoms with E-state index in [1.807, 2.05) is 24.3 Å². The zero-order valence-electron chi connectivity index (χ0n) is 11.9. The van der Waals surface area contributed by atoms with E-state index in [-0.39, 0.29) is 0 Å². The summed E-state index contributed by atoms with van der Waals surface area (Å²) in [6.07, 6.45) is 3.88. The molecule has 1 aromatic carbocycles. The Hall–Kier alpha value is -2.01. The maximum absolute atomic E-state index is 4.35. The molecule has 0 spiro atoms. The highest BCUT2D eigenvalue weighted by Crippen LogP contribution is 2.27. The second-order valence-electron chi connectivity index (χ2n) is 4.99. The number of H-pyrrole nitrogens is 1. The van der Waals surface area contributed by atoms with Crippen LogP contribution in [-0.2, 0) is 0 Å². The van der Waals surface area contributed by atoms with Gasteiger partial charge in [0.05, 0.1) is 5.39 Å². The molecule has 0 amide bonds. The smallest absolute Gasteiger partial charge is 0.143 e. The number of nitrogens with zero attached hydrogens (tertiary/aromatic N) is 2.